The van der Waals surface area contributed by atoms with Crippen LogP contribution in [0, 0.1) is 0 Å². The van der Waals surface area contributed by atoms with E-state index in [1.54, 1.807) is 0 Å². The predicted molar refractivity (Wildman–Crippen MR) is 260 cm³/mol. The average Bonchev–Trinajstić information content (AvgIpc) is 3.45. The van der Waals surface area contributed by atoms with Crippen LogP contribution in [0.15, 0.2) is 200 Å². The van der Waals surface area contributed by atoms with Crippen LogP contribution < -0.4 is 4.90 Å². The molecule has 288 valence electrons. The minimum atomic E-state index is 0.0257. The van der Waals surface area contributed by atoms with Crippen molar-refractivity contribution in [2.45, 2.75) is 37.6 Å². The van der Waals surface area contributed by atoms with Crippen LogP contribution >= 0.6 is 0 Å². The van der Waals surface area contributed by atoms with E-state index in [4.69, 9.17) is 0 Å². The number of anilines is 2. The third-order valence-electron chi connectivity index (χ3n) is 15.1. The lowest BCUT2D eigenvalue weighted by atomic mass is 9.55. The summed E-state index contributed by atoms with van der Waals surface area (Å²) in [6.45, 7) is 4.99. The maximum absolute atomic E-state index is 2.64. The van der Waals surface area contributed by atoms with E-state index in [1.807, 2.05) is 0 Å². The van der Waals surface area contributed by atoms with Gasteiger partial charge in [-0.2, -0.15) is 0 Å². The van der Waals surface area contributed by atoms with Gasteiger partial charge in [0.15, 0.2) is 0 Å². The van der Waals surface area contributed by atoms with E-state index in [-0.39, 0.29) is 11.0 Å². The minimum absolute atomic E-state index is 0.0257. The fraction of sp³-hybridized carbons (Fsp3) is 0.100. The summed E-state index contributed by atoms with van der Waals surface area (Å²) in [5.74, 6) is 0. The molecule has 1 aliphatic carbocycles. The smallest absolute Gasteiger partial charge is 0.0518 e. The molecule has 2 aliphatic rings. The van der Waals surface area contributed by atoms with Crippen LogP contribution in [-0.4, -0.2) is 5.54 Å². The van der Waals surface area contributed by atoms with Gasteiger partial charge in [0.1, 0.15) is 0 Å². The Kier molecular flexibility index (Phi) is 7.18. The van der Waals surface area contributed by atoms with Gasteiger partial charge in [0.05, 0.1) is 5.54 Å². The number of para-hydroxylation sites is 1. The molecule has 1 fully saturated rings. The molecule has 61 heavy (non-hydrogen) atoms. The molecule has 1 nitrogen and oxygen atoms in total. The topological polar surface area (TPSA) is 3.24 Å². The molecule has 2 unspecified atom stereocenters. The number of hydrogen-bond acceptors (Lipinski definition) is 1. The Morgan fingerprint density at radius 3 is 1.41 bits per heavy atom. The maximum Gasteiger partial charge on any atom is 0.0518 e. The first-order valence-corrected chi connectivity index (χ1v) is 21.8. The molecule has 0 radical (unpaired) electrons. The third kappa shape index (κ3) is 4.72. The summed E-state index contributed by atoms with van der Waals surface area (Å²) in [6, 6.07) is 75.3. The van der Waals surface area contributed by atoms with Gasteiger partial charge in [-0.25, -0.2) is 0 Å². The molecule has 11 aromatic rings. The molecule has 1 saturated carbocycles. The fourth-order valence-electron chi connectivity index (χ4n) is 11.7. The molecule has 0 saturated heterocycles. The molecular formula is C60H43N. The molecule has 2 atom stereocenters. The minimum Gasteiger partial charge on any atom is -0.334 e. The first-order valence-electron chi connectivity index (χ1n) is 21.8. The van der Waals surface area contributed by atoms with Crippen LogP contribution in [0.2, 0.25) is 0 Å². The zero-order chi connectivity index (χ0) is 40.5. The molecule has 1 aliphatic heterocycles. The largest absolute Gasteiger partial charge is 0.334 e. The number of rotatable bonds is 5. The normalized spacial score (nSPS) is 18.3. The van der Waals surface area contributed by atoms with Crippen LogP contribution in [0.3, 0.4) is 0 Å². The zero-order valence-corrected chi connectivity index (χ0v) is 34.4. The second-order valence-corrected chi connectivity index (χ2v) is 17.9. The van der Waals surface area contributed by atoms with Crippen molar-refractivity contribution >= 4 is 65.2 Å². The van der Waals surface area contributed by atoms with Gasteiger partial charge in [0.25, 0.3) is 0 Å². The molecule has 0 N–H and O–H groups in total. The summed E-state index contributed by atoms with van der Waals surface area (Å²) < 4.78 is 0. The quantitative estimate of drug-likeness (QED) is 0.157. The summed E-state index contributed by atoms with van der Waals surface area (Å²) in [5.41, 5.74) is 14.3. The van der Waals surface area contributed by atoms with E-state index in [2.05, 4.69) is 219 Å². The van der Waals surface area contributed by atoms with Crippen LogP contribution in [-0.2, 0) is 5.41 Å². The zero-order valence-electron chi connectivity index (χ0n) is 34.4. The van der Waals surface area contributed by atoms with Crippen LogP contribution in [0.5, 0.6) is 0 Å². The molecule has 0 amide bonds. The molecule has 13 rings (SSSR count). The Labute approximate surface area is 356 Å². The summed E-state index contributed by atoms with van der Waals surface area (Å²) >= 11 is 0. The highest BCUT2D eigenvalue weighted by atomic mass is 15.3. The molecule has 1 heterocycles. The lowest BCUT2D eigenvalue weighted by Crippen LogP contribution is -2.60. The number of hydrogen-bond donors (Lipinski definition) is 0. The van der Waals surface area contributed by atoms with Crippen molar-refractivity contribution in [3.05, 3.63) is 206 Å². The van der Waals surface area contributed by atoms with Gasteiger partial charge in [-0.15, -0.1) is 0 Å². The van der Waals surface area contributed by atoms with E-state index in [0.29, 0.717) is 0 Å². The molecule has 11 aromatic carbocycles. The second-order valence-electron chi connectivity index (χ2n) is 17.9. The van der Waals surface area contributed by atoms with E-state index < -0.39 is 0 Å². The lowest BCUT2D eigenvalue weighted by molar-refractivity contribution is 0.133. The van der Waals surface area contributed by atoms with E-state index in [1.165, 1.54) is 128 Å². The first kappa shape index (κ1) is 34.6. The van der Waals surface area contributed by atoms with Crippen molar-refractivity contribution in [2.75, 3.05) is 4.90 Å². The Morgan fingerprint density at radius 1 is 0.361 bits per heavy atom. The summed E-state index contributed by atoms with van der Waals surface area (Å²) in [4.78, 5) is 2.64. The van der Waals surface area contributed by atoms with Crippen molar-refractivity contribution in [2.24, 2.45) is 0 Å². The van der Waals surface area contributed by atoms with Crippen molar-refractivity contribution in [1.82, 2.24) is 0 Å². The average molecular weight is 778 g/mol. The van der Waals surface area contributed by atoms with Crippen LogP contribution in [0.4, 0.5) is 11.4 Å². The monoisotopic (exact) mass is 777 g/mol. The van der Waals surface area contributed by atoms with Gasteiger partial charge < -0.3 is 4.90 Å². The van der Waals surface area contributed by atoms with Gasteiger partial charge in [0.2, 0.25) is 0 Å². The standard InChI is InChI=1S/C60H43N/c1-59-33-34-60(59,2)61(42-21-7-4-8-22-42)56-32-27-41(35-55(56)59)52-37-54(46-26-14-20-39-18-10-12-24-44(39)46)50-30-28-47-51(40-15-5-3-6-16-40)36-53(49-31-29-48(52)58(50)57(47)49)45-25-13-19-38-17-9-11-23-43(38)45/h3-32,35-37H,33-34H2,1-2H3. The second kappa shape index (κ2) is 12.6. The van der Waals surface area contributed by atoms with Crippen LogP contribution in [0.1, 0.15) is 32.3 Å². The number of nitrogens with zero attached hydrogens (tertiary/aromatic N) is 1. The maximum atomic E-state index is 2.64. The molecule has 1 heteroatoms. The van der Waals surface area contributed by atoms with E-state index >= 15 is 0 Å². The lowest BCUT2D eigenvalue weighted by Gasteiger charge is -2.56. The van der Waals surface area contributed by atoms with Crippen molar-refractivity contribution in [3.63, 3.8) is 0 Å². The fourth-order valence-corrected chi connectivity index (χ4v) is 11.7. The predicted octanol–water partition coefficient (Wildman–Crippen LogP) is 16.5. The highest BCUT2D eigenvalue weighted by Crippen LogP contribution is 2.65. The first-order chi connectivity index (χ1) is 30.0. The Balaban J connectivity index is 1.16. The molecular weight excluding hydrogens is 735 g/mol. The van der Waals surface area contributed by atoms with Crippen molar-refractivity contribution < 1.29 is 0 Å². The van der Waals surface area contributed by atoms with Crippen LogP contribution in [0.25, 0.3) is 98.4 Å². The SMILES string of the molecule is CC12CCC1(C)N(c1ccccc1)c1ccc(-c3cc(-c4cccc5ccccc45)c4ccc5c(-c6ccccc6)cc(-c6cccc7ccccc67)c6ccc3c4c56)cc12. The summed E-state index contributed by atoms with van der Waals surface area (Å²) in [6.07, 6.45) is 2.36. The molecule has 0 spiro atoms. The summed E-state index contributed by atoms with van der Waals surface area (Å²) in [7, 11) is 0. The van der Waals surface area contributed by atoms with Gasteiger partial charge in [-0.05, 0) is 160 Å². The van der Waals surface area contributed by atoms with E-state index in [9.17, 15) is 0 Å². The Morgan fingerprint density at radius 2 is 0.852 bits per heavy atom. The summed E-state index contributed by atoms with van der Waals surface area (Å²) in [5, 5.41) is 12.9. The molecule has 0 bridgehead atoms. The Hall–Kier alpha value is -7.22. The molecule has 0 aromatic heterocycles. The number of benzene rings is 11. The highest BCUT2D eigenvalue weighted by Gasteiger charge is 2.63. The van der Waals surface area contributed by atoms with Gasteiger partial charge in [0, 0.05) is 16.8 Å². The van der Waals surface area contributed by atoms with Gasteiger partial charge >= 0.3 is 0 Å². The Bertz CT molecular complexity index is 3560. The van der Waals surface area contributed by atoms with E-state index in [0.717, 1.165) is 0 Å². The van der Waals surface area contributed by atoms with Crippen molar-refractivity contribution in [3.8, 4) is 44.5 Å². The number of fused-ring (bicyclic) bond motifs is 5. The van der Waals surface area contributed by atoms with Crippen molar-refractivity contribution in [1.29, 1.82) is 0 Å². The van der Waals surface area contributed by atoms with Gasteiger partial charge in [-0.1, -0.05) is 171 Å². The van der Waals surface area contributed by atoms with Gasteiger partial charge in [-0.3, -0.25) is 0 Å². The third-order valence-corrected chi connectivity index (χ3v) is 15.1. The highest BCUT2D eigenvalue weighted by molar-refractivity contribution is 6.32.